The number of hydrogen-bond acceptors (Lipinski definition) is 4. The van der Waals surface area contributed by atoms with Crippen LogP contribution in [0.25, 0.3) is 0 Å². The zero-order valence-corrected chi connectivity index (χ0v) is 16.1. The van der Waals surface area contributed by atoms with E-state index in [2.05, 4.69) is 16.0 Å². The van der Waals surface area contributed by atoms with E-state index in [1.165, 1.54) is 6.26 Å². The molecule has 0 unspecified atom stereocenters. The Morgan fingerprint density at radius 2 is 1.90 bits per heavy atom. The number of urea groups is 1. The van der Waals surface area contributed by atoms with Gasteiger partial charge in [0.25, 0.3) is 11.8 Å². The first kappa shape index (κ1) is 19.3. The van der Waals surface area contributed by atoms with Crippen molar-refractivity contribution in [2.24, 2.45) is 0 Å². The summed E-state index contributed by atoms with van der Waals surface area (Å²) in [5.74, 6) is -0.0693. The number of amides is 4. The Bertz CT molecular complexity index is 1080. The fourth-order valence-electron chi connectivity index (χ4n) is 3.19. The minimum Gasteiger partial charge on any atom is -0.467 e. The normalized spacial score (nSPS) is 13.1. The van der Waals surface area contributed by atoms with E-state index in [-0.39, 0.29) is 24.4 Å². The molecule has 4 rings (SSSR count). The van der Waals surface area contributed by atoms with Crippen LogP contribution >= 0.6 is 0 Å². The maximum atomic E-state index is 12.8. The van der Waals surface area contributed by atoms with Gasteiger partial charge in [0, 0.05) is 24.3 Å². The van der Waals surface area contributed by atoms with Crippen LogP contribution in [0.15, 0.2) is 71.3 Å². The van der Waals surface area contributed by atoms with Crippen molar-refractivity contribution < 1.29 is 18.8 Å². The summed E-state index contributed by atoms with van der Waals surface area (Å²) in [6.07, 6.45) is 1.54. The number of rotatable bonds is 6. The number of nitrogens with one attached hydrogen (secondary N) is 3. The molecular weight excluding hydrogens is 384 g/mol. The van der Waals surface area contributed by atoms with Gasteiger partial charge in [-0.3, -0.25) is 14.5 Å². The summed E-state index contributed by atoms with van der Waals surface area (Å²) in [7, 11) is 0. The van der Waals surface area contributed by atoms with E-state index in [1.54, 1.807) is 65.6 Å². The molecule has 1 aliphatic heterocycles. The molecule has 3 aromatic rings. The van der Waals surface area contributed by atoms with E-state index in [1.807, 2.05) is 0 Å². The maximum Gasteiger partial charge on any atom is 0.321 e. The molecule has 1 aliphatic rings. The van der Waals surface area contributed by atoms with Gasteiger partial charge < -0.3 is 20.4 Å². The third kappa shape index (κ3) is 4.17. The molecule has 0 spiro atoms. The van der Waals surface area contributed by atoms with Crippen molar-refractivity contribution in [3.8, 4) is 0 Å². The third-order valence-corrected chi connectivity index (χ3v) is 4.70. The Labute approximate surface area is 172 Å². The molecular formula is C22H20N4O4. The van der Waals surface area contributed by atoms with Crippen LogP contribution in [0.5, 0.6) is 0 Å². The summed E-state index contributed by atoms with van der Waals surface area (Å²) < 4.78 is 5.22. The highest BCUT2D eigenvalue weighted by atomic mass is 16.3. The van der Waals surface area contributed by atoms with E-state index in [0.29, 0.717) is 41.4 Å². The molecule has 0 saturated carbocycles. The lowest BCUT2D eigenvalue weighted by Crippen LogP contribution is -2.28. The average molecular weight is 404 g/mol. The van der Waals surface area contributed by atoms with Gasteiger partial charge in [0.1, 0.15) is 5.76 Å². The number of carbonyl (C=O) groups is 3. The molecule has 3 N–H and O–H groups in total. The van der Waals surface area contributed by atoms with E-state index in [0.717, 1.165) is 0 Å². The van der Waals surface area contributed by atoms with Gasteiger partial charge in [-0.15, -0.1) is 0 Å². The SMILES string of the molecule is O=C(Nc1ccccc1C(=O)NCc1ccco1)c1cccc(N2CCNC2=O)c1. The second-order valence-corrected chi connectivity index (χ2v) is 6.70. The van der Waals surface area contributed by atoms with E-state index >= 15 is 0 Å². The third-order valence-electron chi connectivity index (χ3n) is 4.70. The molecule has 8 heteroatoms. The lowest BCUT2D eigenvalue weighted by molar-refractivity contribution is 0.0949. The molecule has 0 radical (unpaired) electrons. The average Bonchev–Trinajstić information content (AvgIpc) is 3.44. The van der Waals surface area contributed by atoms with Gasteiger partial charge in [-0.1, -0.05) is 18.2 Å². The number of furan rings is 1. The predicted octanol–water partition coefficient (Wildman–Crippen LogP) is 2.99. The molecule has 2 aromatic carbocycles. The molecule has 2 heterocycles. The molecule has 1 saturated heterocycles. The minimum atomic E-state index is -0.372. The first-order valence-electron chi connectivity index (χ1n) is 9.48. The second kappa shape index (κ2) is 8.52. The summed E-state index contributed by atoms with van der Waals surface area (Å²) in [5, 5.41) is 8.29. The van der Waals surface area contributed by atoms with Crippen LogP contribution in [0.1, 0.15) is 26.5 Å². The molecule has 4 amide bonds. The number of carbonyl (C=O) groups excluding carboxylic acids is 3. The second-order valence-electron chi connectivity index (χ2n) is 6.70. The van der Waals surface area contributed by atoms with Crippen molar-refractivity contribution in [3.05, 3.63) is 83.8 Å². The number of nitrogens with zero attached hydrogens (tertiary/aromatic N) is 1. The van der Waals surface area contributed by atoms with Crippen LogP contribution < -0.4 is 20.9 Å². The predicted molar refractivity (Wildman–Crippen MR) is 111 cm³/mol. The van der Waals surface area contributed by atoms with Crippen molar-refractivity contribution in [2.75, 3.05) is 23.3 Å². The molecule has 152 valence electrons. The van der Waals surface area contributed by atoms with Crippen molar-refractivity contribution in [3.63, 3.8) is 0 Å². The highest BCUT2D eigenvalue weighted by Crippen LogP contribution is 2.21. The highest BCUT2D eigenvalue weighted by Gasteiger charge is 2.22. The molecule has 0 bridgehead atoms. The Kier molecular flexibility index (Phi) is 5.47. The Balaban J connectivity index is 1.48. The fourth-order valence-corrected chi connectivity index (χ4v) is 3.19. The van der Waals surface area contributed by atoms with Crippen molar-refractivity contribution in [1.82, 2.24) is 10.6 Å². The molecule has 1 aromatic heterocycles. The zero-order chi connectivity index (χ0) is 20.9. The summed E-state index contributed by atoms with van der Waals surface area (Å²) in [4.78, 5) is 38.8. The molecule has 0 aliphatic carbocycles. The molecule has 30 heavy (non-hydrogen) atoms. The number of anilines is 2. The first-order chi connectivity index (χ1) is 14.6. The smallest absolute Gasteiger partial charge is 0.321 e. The maximum absolute atomic E-state index is 12.8. The fraction of sp³-hybridized carbons (Fsp3) is 0.136. The summed E-state index contributed by atoms with van der Waals surface area (Å²) >= 11 is 0. The van der Waals surface area contributed by atoms with Crippen molar-refractivity contribution >= 4 is 29.2 Å². The van der Waals surface area contributed by atoms with E-state index in [9.17, 15) is 14.4 Å². The minimum absolute atomic E-state index is 0.189. The van der Waals surface area contributed by atoms with Crippen LogP contribution in [0, 0.1) is 0 Å². The van der Waals surface area contributed by atoms with Crippen molar-refractivity contribution in [2.45, 2.75) is 6.54 Å². The Hall–Kier alpha value is -4.07. The molecule has 0 atom stereocenters. The standard InChI is InChI=1S/C22H20N4O4/c27-20(15-5-3-6-16(13-15)26-11-10-23-22(26)29)25-19-9-2-1-8-18(19)21(28)24-14-17-7-4-12-30-17/h1-9,12-13H,10-11,14H2,(H,23,29)(H,24,28)(H,25,27). The van der Waals surface area contributed by atoms with Gasteiger partial charge in [-0.25, -0.2) is 4.79 Å². The molecule has 1 fully saturated rings. The van der Waals surface area contributed by atoms with Crippen LogP contribution in [-0.4, -0.2) is 30.9 Å². The topological polar surface area (TPSA) is 104 Å². The van der Waals surface area contributed by atoms with E-state index in [4.69, 9.17) is 4.42 Å². The lowest BCUT2D eigenvalue weighted by atomic mass is 10.1. The molecule has 8 nitrogen and oxygen atoms in total. The summed E-state index contributed by atoms with van der Waals surface area (Å²) in [6.45, 7) is 1.35. The van der Waals surface area contributed by atoms with E-state index < -0.39 is 0 Å². The number of para-hydroxylation sites is 1. The lowest BCUT2D eigenvalue weighted by Gasteiger charge is -2.15. The van der Waals surface area contributed by atoms with Gasteiger partial charge in [-0.05, 0) is 42.5 Å². The number of benzene rings is 2. The van der Waals surface area contributed by atoms with Crippen LogP contribution in [0.4, 0.5) is 16.2 Å². The van der Waals surface area contributed by atoms with Crippen molar-refractivity contribution in [1.29, 1.82) is 0 Å². The highest BCUT2D eigenvalue weighted by molar-refractivity contribution is 6.09. The van der Waals surface area contributed by atoms with Gasteiger partial charge in [0.05, 0.1) is 24.1 Å². The van der Waals surface area contributed by atoms with Crippen LogP contribution in [0.2, 0.25) is 0 Å². The van der Waals surface area contributed by atoms with Gasteiger partial charge >= 0.3 is 6.03 Å². The van der Waals surface area contributed by atoms with Crippen LogP contribution in [0.3, 0.4) is 0 Å². The Morgan fingerprint density at radius 1 is 1.03 bits per heavy atom. The zero-order valence-electron chi connectivity index (χ0n) is 16.1. The Morgan fingerprint density at radius 3 is 2.67 bits per heavy atom. The quantitative estimate of drug-likeness (QED) is 0.588. The number of hydrogen-bond donors (Lipinski definition) is 3. The summed E-state index contributed by atoms with van der Waals surface area (Å²) in [6, 6.07) is 16.9. The van der Waals surface area contributed by atoms with Gasteiger partial charge in [0.2, 0.25) is 0 Å². The van der Waals surface area contributed by atoms with Crippen LogP contribution in [-0.2, 0) is 6.54 Å². The summed E-state index contributed by atoms with van der Waals surface area (Å²) in [5.41, 5.74) is 1.76. The monoisotopic (exact) mass is 404 g/mol. The van der Waals surface area contributed by atoms with Gasteiger partial charge in [-0.2, -0.15) is 0 Å². The first-order valence-corrected chi connectivity index (χ1v) is 9.48. The largest absolute Gasteiger partial charge is 0.467 e. The van der Waals surface area contributed by atoms with Gasteiger partial charge in [0.15, 0.2) is 0 Å².